The highest BCUT2D eigenvalue weighted by Crippen LogP contribution is 2.34. The maximum Gasteiger partial charge on any atom is 0.287 e. The molecule has 4 N–H and O–H groups in total. The number of halogens is 2. The zero-order chi connectivity index (χ0) is 27.8. The van der Waals surface area contributed by atoms with E-state index in [0.717, 1.165) is 31.2 Å². The van der Waals surface area contributed by atoms with E-state index in [4.69, 9.17) is 33.4 Å². The van der Waals surface area contributed by atoms with Gasteiger partial charge in [-0.05, 0) is 42.7 Å². The molecule has 1 saturated heterocycles. The van der Waals surface area contributed by atoms with Crippen LogP contribution in [0.4, 0.5) is 0 Å². The maximum absolute atomic E-state index is 13.7. The second-order valence-electron chi connectivity index (χ2n) is 10.4. The lowest BCUT2D eigenvalue weighted by molar-refractivity contribution is -0.139. The van der Waals surface area contributed by atoms with Gasteiger partial charge >= 0.3 is 0 Å². The largest absolute Gasteiger partial charge is 0.459 e. The summed E-state index contributed by atoms with van der Waals surface area (Å²) in [6.45, 7) is 3.18. The minimum absolute atomic E-state index is 0.137. The van der Waals surface area contributed by atoms with Crippen LogP contribution in [0.5, 0.6) is 0 Å². The second kappa shape index (κ2) is 13.7. The predicted molar refractivity (Wildman–Crippen MR) is 151 cm³/mol. The van der Waals surface area contributed by atoms with Gasteiger partial charge in [-0.1, -0.05) is 48.5 Å². The molecule has 39 heavy (non-hydrogen) atoms. The maximum atomic E-state index is 13.7. The van der Waals surface area contributed by atoms with Crippen molar-refractivity contribution in [3.63, 3.8) is 0 Å². The van der Waals surface area contributed by atoms with Gasteiger partial charge in [0.15, 0.2) is 5.76 Å². The van der Waals surface area contributed by atoms with Crippen LogP contribution in [0, 0.1) is 0 Å². The molecule has 1 aliphatic heterocycles. The zero-order valence-electron chi connectivity index (χ0n) is 22.1. The number of hydrogen-bond acceptors (Lipinski definition) is 6. The molecule has 1 aromatic heterocycles. The Morgan fingerprint density at radius 3 is 2.44 bits per heavy atom. The summed E-state index contributed by atoms with van der Waals surface area (Å²) in [5.74, 6) is -0.321. The predicted octanol–water partition coefficient (Wildman–Crippen LogP) is 3.24. The number of nitrogens with one attached hydrogen (secondary N) is 2. The fraction of sp³-hybridized carbons (Fsp3) is 0.536. The van der Waals surface area contributed by atoms with Gasteiger partial charge in [0.2, 0.25) is 11.8 Å². The first-order valence-corrected chi connectivity index (χ1v) is 14.4. The molecule has 3 amide bonds. The van der Waals surface area contributed by atoms with Gasteiger partial charge < -0.3 is 25.7 Å². The highest BCUT2D eigenvalue weighted by Gasteiger charge is 2.41. The molecule has 212 valence electrons. The van der Waals surface area contributed by atoms with Gasteiger partial charge in [-0.2, -0.15) is 0 Å². The lowest BCUT2D eigenvalue weighted by Gasteiger charge is -2.50. The number of amides is 3. The van der Waals surface area contributed by atoms with Crippen molar-refractivity contribution in [2.24, 2.45) is 5.73 Å². The summed E-state index contributed by atoms with van der Waals surface area (Å²) in [5.41, 5.74) is 6.14. The highest BCUT2D eigenvalue weighted by molar-refractivity contribution is 6.35. The Balaban J connectivity index is 1.42. The van der Waals surface area contributed by atoms with Crippen LogP contribution in [-0.4, -0.2) is 78.4 Å². The van der Waals surface area contributed by atoms with Crippen LogP contribution in [-0.2, 0) is 16.0 Å². The molecular formula is C28H37Cl2N5O4. The van der Waals surface area contributed by atoms with Gasteiger partial charge in [-0.25, -0.2) is 0 Å². The third-order valence-corrected chi connectivity index (χ3v) is 8.40. The van der Waals surface area contributed by atoms with Crippen LogP contribution in [0.25, 0.3) is 0 Å². The molecule has 0 radical (unpaired) electrons. The molecule has 9 nitrogen and oxygen atoms in total. The van der Waals surface area contributed by atoms with Crippen LogP contribution in [0.3, 0.4) is 0 Å². The van der Waals surface area contributed by atoms with E-state index in [0.29, 0.717) is 48.5 Å². The van der Waals surface area contributed by atoms with E-state index in [1.807, 2.05) is 4.90 Å². The van der Waals surface area contributed by atoms with Gasteiger partial charge in [-0.3, -0.25) is 19.3 Å². The summed E-state index contributed by atoms with van der Waals surface area (Å²) < 4.78 is 5.25. The molecule has 11 heteroatoms. The normalized spacial score (nSPS) is 18.4. The molecule has 0 spiro atoms. The monoisotopic (exact) mass is 577 g/mol. The molecule has 2 aromatic rings. The van der Waals surface area contributed by atoms with Crippen LogP contribution < -0.4 is 16.4 Å². The van der Waals surface area contributed by atoms with Crippen LogP contribution in [0.15, 0.2) is 41.0 Å². The Labute approximate surface area is 239 Å². The minimum Gasteiger partial charge on any atom is -0.459 e. The van der Waals surface area contributed by atoms with Gasteiger partial charge in [0.25, 0.3) is 5.91 Å². The van der Waals surface area contributed by atoms with E-state index in [9.17, 15) is 14.4 Å². The molecular weight excluding hydrogens is 541 g/mol. The molecule has 4 rings (SSSR count). The SMILES string of the molecule is NCCC(=O)N[C@H](Cc1ccc(Cl)cc1Cl)C(=O)N1CCN(C2(CNC(=O)c3ccco3)CCCCC2)CC1. The van der Waals surface area contributed by atoms with Gasteiger partial charge in [-0.15, -0.1) is 0 Å². The Hall–Kier alpha value is -2.59. The number of hydrogen-bond donors (Lipinski definition) is 3. The molecule has 1 atom stereocenters. The zero-order valence-corrected chi connectivity index (χ0v) is 23.6. The van der Waals surface area contributed by atoms with Crippen molar-refractivity contribution in [1.82, 2.24) is 20.4 Å². The number of piperazine rings is 1. The summed E-state index contributed by atoms with van der Waals surface area (Å²) in [4.78, 5) is 42.9. The number of furan rings is 1. The smallest absolute Gasteiger partial charge is 0.287 e. The van der Waals surface area contributed by atoms with Crippen molar-refractivity contribution in [3.05, 3.63) is 58.0 Å². The van der Waals surface area contributed by atoms with Gasteiger partial charge in [0.05, 0.1) is 6.26 Å². The molecule has 0 unspecified atom stereocenters. The van der Waals surface area contributed by atoms with E-state index < -0.39 is 6.04 Å². The fourth-order valence-electron chi connectivity index (χ4n) is 5.68. The first kappa shape index (κ1) is 29.4. The van der Waals surface area contributed by atoms with Crippen molar-refractivity contribution in [1.29, 1.82) is 0 Å². The van der Waals surface area contributed by atoms with Gasteiger partial charge in [0, 0.05) is 67.7 Å². The number of carbonyl (C=O) groups is 3. The molecule has 1 saturated carbocycles. The Morgan fingerprint density at radius 2 is 1.79 bits per heavy atom. The third kappa shape index (κ3) is 7.54. The van der Waals surface area contributed by atoms with E-state index in [-0.39, 0.29) is 42.6 Å². The summed E-state index contributed by atoms with van der Waals surface area (Å²) in [7, 11) is 0. The van der Waals surface area contributed by atoms with Crippen molar-refractivity contribution in [2.75, 3.05) is 39.3 Å². The molecule has 0 bridgehead atoms. The average molecular weight is 579 g/mol. The standard InChI is InChI=1S/C28H37Cl2N5O4/c29-21-7-6-20(22(30)18-21)17-23(33-25(36)8-11-31)27(38)34-12-14-35(15-13-34)28(9-2-1-3-10-28)19-32-26(37)24-5-4-16-39-24/h4-7,16,18,23H,1-3,8-15,17,19,31H2,(H,32,37)(H,33,36)/t23-/m1/s1. The molecule has 1 aliphatic carbocycles. The number of nitrogens with two attached hydrogens (primary N) is 1. The number of carbonyl (C=O) groups excluding carboxylic acids is 3. The fourth-order valence-corrected chi connectivity index (χ4v) is 6.17. The van der Waals surface area contributed by atoms with Crippen molar-refractivity contribution in [2.45, 2.75) is 56.5 Å². The van der Waals surface area contributed by atoms with Crippen LogP contribution >= 0.6 is 23.2 Å². The van der Waals surface area contributed by atoms with E-state index in [1.54, 1.807) is 30.3 Å². The number of rotatable bonds is 10. The summed E-state index contributed by atoms with van der Waals surface area (Å²) >= 11 is 12.4. The van der Waals surface area contributed by atoms with Crippen LogP contribution in [0.2, 0.25) is 10.0 Å². The molecule has 2 aliphatic rings. The molecule has 2 fully saturated rings. The van der Waals surface area contributed by atoms with Crippen molar-refractivity contribution in [3.8, 4) is 0 Å². The summed E-state index contributed by atoms with van der Waals surface area (Å²) in [5, 5.41) is 6.90. The Kier molecular flexibility index (Phi) is 10.3. The van der Waals surface area contributed by atoms with Crippen molar-refractivity contribution < 1.29 is 18.8 Å². The Morgan fingerprint density at radius 1 is 1.05 bits per heavy atom. The van der Waals surface area contributed by atoms with Gasteiger partial charge in [0.1, 0.15) is 6.04 Å². The number of nitrogens with zero attached hydrogens (tertiary/aromatic N) is 2. The lowest BCUT2D eigenvalue weighted by Crippen LogP contribution is -2.63. The van der Waals surface area contributed by atoms with Crippen molar-refractivity contribution >= 4 is 40.9 Å². The van der Waals surface area contributed by atoms with E-state index >= 15 is 0 Å². The quantitative estimate of drug-likeness (QED) is 0.398. The van der Waals surface area contributed by atoms with E-state index in [2.05, 4.69) is 15.5 Å². The topological polar surface area (TPSA) is 121 Å². The Bertz CT molecular complexity index is 1130. The summed E-state index contributed by atoms with van der Waals surface area (Å²) in [6.07, 6.45) is 7.27. The first-order chi connectivity index (χ1) is 18.8. The first-order valence-electron chi connectivity index (χ1n) is 13.6. The highest BCUT2D eigenvalue weighted by atomic mass is 35.5. The minimum atomic E-state index is -0.759. The summed E-state index contributed by atoms with van der Waals surface area (Å²) in [6, 6.07) is 7.74. The third-order valence-electron chi connectivity index (χ3n) is 7.81. The molecule has 2 heterocycles. The van der Waals surface area contributed by atoms with E-state index in [1.165, 1.54) is 12.7 Å². The van der Waals surface area contributed by atoms with Crippen LogP contribution in [0.1, 0.15) is 54.6 Å². The lowest BCUT2D eigenvalue weighted by atomic mass is 9.79. The second-order valence-corrected chi connectivity index (χ2v) is 11.2. The average Bonchev–Trinajstić information content (AvgIpc) is 3.48. The molecule has 1 aromatic carbocycles. The number of benzene rings is 1.